The molecule has 0 fully saturated rings. The fourth-order valence-electron chi connectivity index (χ4n) is 8.24. The van der Waals surface area contributed by atoms with E-state index in [2.05, 4.69) is 134 Å². The molecule has 9 aromatic rings. The average molecular weight is 696 g/mol. The molecule has 0 aliphatic heterocycles. The molecule has 5 heteroatoms. The summed E-state index contributed by atoms with van der Waals surface area (Å²) in [5.41, 5.74) is 10.3. The number of nitrogens with zero attached hydrogens (tertiary/aromatic N) is 3. The zero-order valence-corrected chi connectivity index (χ0v) is 29.4. The van der Waals surface area contributed by atoms with Crippen molar-refractivity contribution in [2.24, 2.45) is 0 Å². The summed E-state index contributed by atoms with van der Waals surface area (Å²) < 4.78 is 12.9. The van der Waals surface area contributed by atoms with E-state index in [0.717, 1.165) is 85.8 Å². The number of hydrogen-bond donors (Lipinski definition) is 0. The molecule has 0 bridgehead atoms. The summed E-state index contributed by atoms with van der Waals surface area (Å²) in [6, 6.07) is 42.6. The number of hydrogen-bond acceptors (Lipinski definition) is 5. The second-order valence-corrected chi connectivity index (χ2v) is 14.2. The molecule has 256 valence electrons. The van der Waals surface area contributed by atoms with Crippen LogP contribution in [0.5, 0.6) is 0 Å². The predicted octanol–water partition coefficient (Wildman–Crippen LogP) is 12.9. The van der Waals surface area contributed by atoms with E-state index in [-0.39, 0.29) is 5.92 Å². The molecule has 6 aromatic carbocycles. The highest BCUT2D eigenvalue weighted by Crippen LogP contribution is 2.44. The minimum Gasteiger partial charge on any atom is -0.460 e. The summed E-state index contributed by atoms with van der Waals surface area (Å²) in [7, 11) is 0. The van der Waals surface area contributed by atoms with E-state index in [4.69, 9.17) is 23.8 Å². The zero-order valence-electron chi connectivity index (χ0n) is 29.4. The van der Waals surface area contributed by atoms with Crippen LogP contribution in [-0.4, -0.2) is 15.0 Å². The van der Waals surface area contributed by atoms with Crippen LogP contribution in [0.1, 0.15) is 35.9 Å². The number of para-hydroxylation sites is 2. The Morgan fingerprint density at radius 1 is 0.574 bits per heavy atom. The first kappa shape index (κ1) is 30.7. The third-order valence-electron chi connectivity index (χ3n) is 10.9. The number of benzene rings is 6. The number of rotatable bonds is 5. The Kier molecular flexibility index (Phi) is 7.05. The minimum atomic E-state index is 0.0541. The van der Waals surface area contributed by atoms with Crippen molar-refractivity contribution in [1.29, 1.82) is 0 Å². The SMILES string of the molecule is C1=CCC(c2nc(-c3ccc4cc(-c5c(-c6ccccc6)ccc6oc7c(c56)C=CCC7)ccc4c3)nc(-c3cccc4c3oc3ccccc34)n2)C=C1. The van der Waals surface area contributed by atoms with Crippen LogP contribution in [0.3, 0.4) is 0 Å². The van der Waals surface area contributed by atoms with Crippen molar-refractivity contribution in [1.82, 2.24) is 15.0 Å². The van der Waals surface area contributed by atoms with Crippen LogP contribution in [-0.2, 0) is 6.42 Å². The molecule has 1 unspecified atom stereocenters. The van der Waals surface area contributed by atoms with Gasteiger partial charge in [0.25, 0.3) is 0 Å². The smallest absolute Gasteiger partial charge is 0.167 e. The molecule has 0 saturated heterocycles. The van der Waals surface area contributed by atoms with Gasteiger partial charge in [-0.3, -0.25) is 0 Å². The van der Waals surface area contributed by atoms with Crippen LogP contribution < -0.4 is 0 Å². The molecular formula is C49H33N3O2. The monoisotopic (exact) mass is 695 g/mol. The maximum Gasteiger partial charge on any atom is 0.167 e. The summed E-state index contributed by atoms with van der Waals surface area (Å²) in [4.78, 5) is 15.3. The number of fused-ring (bicyclic) bond motifs is 7. The standard InChI is InChI=1S/C49H33N3O2/c1-3-12-30(13-4-1)36-26-27-43-45(39-17-8-10-21-42(39)53-43)44(36)34-24-22-33-29-35(25-23-32(33)28-34)48-50-47(31-14-5-2-6-15-31)51-49(52-48)40-19-11-18-38-37-16-7-9-20-41(37)54-46(38)40/h1-9,11-14,16-20,22-29,31H,10,15,21H2. The summed E-state index contributed by atoms with van der Waals surface area (Å²) in [6.07, 6.45) is 15.7. The van der Waals surface area contributed by atoms with Gasteiger partial charge < -0.3 is 8.83 Å². The van der Waals surface area contributed by atoms with Gasteiger partial charge in [0.2, 0.25) is 0 Å². The number of furan rings is 2. The van der Waals surface area contributed by atoms with Crippen molar-refractivity contribution in [2.75, 3.05) is 0 Å². The van der Waals surface area contributed by atoms with Crippen molar-refractivity contribution in [2.45, 2.75) is 25.2 Å². The first-order chi connectivity index (χ1) is 26.7. The third-order valence-corrected chi connectivity index (χ3v) is 10.9. The van der Waals surface area contributed by atoms with Gasteiger partial charge in [0, 0.05) is 45.2 Å². The second kappa shape index (κ2) is 12.4. The van der Waals surface area contributed by atoms with E-state index in [9.17, 15) is 0 Å². The van der Waals surface area contributed by atoms with Gasteiger partial charge in [0.1, 0.15) is 28.3 Å². The molecule has 0 amide bonds. The Bertz CT molecular complexity index is 3040. The molecular weight excluding hydrogens is 663 g/mol. The van der Waals surface area contributed by atoms with Gasteiger partial charge in [0.15, 0.2) is 11.6 Å². The van der Waals surface area contributed by atoms with Crippen molar-refractivity contribution < 1.29 is 8.83 Å². The van der Waals surface area contributed by atoms with E-state index in [1.165, 1.54) is 27.6 Å². The Hall–Kier alpha value is -6.85. The van der Waals surface area contributed by atoms with Crippen LogP contribution in [0.4, 0.5) is 0 Å². The van der Waals surface area contributed by atoms with Crippen LogP contribution in [0.25, 0.3) is 94.8 Å². The van der Waals surface area contributed by atoms with Gasteiger partial charge in [-0.05, 0) is 70.6 Å². The molecule has 0 saturated carbocycles. The molecule has 0 N–H and O–H groups in total. The molecule has 3 heterocycles. The van der Waals surface area contributed by atoms with Crippen LogP contribution in [0, 0.1) is 0 Å². The molecule has 2 aliphatic rings. The molecule has 0 radical (unpaired) electrons. The maximum absolute atomic E-state index is 6.45. The normalized spacial score (nSPS) is 15.1. The van der Waals surface area contributed by atoms with Gasteiger partial charge in [-0.25, -0.2) is 15.0 Å². The lowest BCUT2D eigenvalue weighted by molar-refractivity contribution is 0.546. The number of allylic oxidation sites excluding steroid dienone is 5. The highest BCUT2D eigenvalue weighted by atomic mass is 16.3. The van der Waals surface area contributed by atoms with Crippen LogP contribution in [0.2, 0.25) is 0 Å². The third kappa shape index (κ3) is 5.04. The quantitative estimate of drug-likeness (QED) is 0.179. The lowest BCUT2D eigenvalue weighted by Crippen LogP contribution is -2.08. The van der Waals surface area contributed by atoms with E-state index in [0.29, 0.717) is 11.6 Å². The van der Waals surface area contributed by atoms with Crippen LogP contribution in [0.15, 0.2) is 161 Å². The summed E-state index contributed by atoms with van der Waals surface area (Å²) in [6.45, 7) is 0. The molecule has 3 aromatic heterocycles. The molecule has 1 atom stereocenters. The highest BCUT2D eigenvalue weighted by Gasteiger charge is 2.23. The highest BCUT2D eigenvalue weighted by molar-refractivity contribution is 6.10. The molecule has 11 rings (SSSR count). The first-order valence-electron chi connectivity index (χ1n) is 18.6. The van der Waals surface area contributed by atoms with Crippen molar-refractivity contribution in [3.05, 3.63) is 169 Å². The van der Waals surface area contributed by atoms with Gasteiger partial charge in [0.05, 0.1) is 5.56 Å². The Balaban J connectivity index is 1.06. The molecule has 5 nitrogen and oxygen atoms in total. The van der Waals surface area contributed by atoms with Crippen molar-refractivity contribution in [3.63, 3.8) is 0 Å². The lowest BCUT2D eigenvalue weighted by Gasteiger charge is -2.15. The lowest BCUT2D eigenvalue weighted by atomic mass is 9.88. The zero-order chi connectivity index (χ0) is 35.6. The van der Waals surface area contributed by atoms with Gasteiger partial charge in [-0.15, -0.1) is 0 Å². The fourth-order valence-corrected chi connectivity index (χ4v) is 8.24. The number of aromatic nitrogens is 3. The second-order valence-electron chi connectivity index (χ2n) is 14.2. The van der Waals surface area contributed by atoms with E-state index in [1.807, 2.05) is 24.3 Å². The van der Waals surface area contributed by atoms with Crippen LogP contribution >= 0.6 is 0 Å². The predicted molar refractivity (Wildman–Crippen MR) is 219 cm³/mol. The van der Waals surface area contributed by atoms with E-state index in [1.54, 1.807) is 0 Å². The van der Waals surface area contributed by atoms with Gasteiger partial charge in [-0.1, -0.05) is 127 Å². The Morgan fingerprint density at radius 2 is 1.39 bits per heavy atom. The Morgan fingerprint density at radius 3 is 2.28 bits per heavy atom. The fraction of sp³-hybridized carbons (Fsp3) is 0.0816. The molecule has 2 aliphatic carbocycles. The van der Waals surface area contributed by atoms with Gasteiger partial charge in [-0.2, -0.15) is 0 Å². The van der Waals surface area contributed by atoms with Crippen molar-refractivity contribution >= 4 is 49.8 Å². The average Bonchev–Trinajstić information content (AvgIpc) is 3.82. The van der Waals surface area contributed by atoms with Crippen molar-refractivity contribution in [3.8, 4) is 45.0 Å². The summed E-state index contributed by atoms with van der Waals surface area (Å²) in [5.74, 6) is 3.12. The summed E-state index contributed by atoms with van der Waals surface area (Å²) in [5, 5.41) is 5.56. The van der Waals surface area contributed by atoms with E-state index >= 15 is 0 Å². The number of aryl methyl sites for hydroxylation is 1. The van der Waals surface area contributed by atoms with Gasteiger partial charge >= 0.3 is 0 Å². The first-order valence-corrected chi connectivity index (χ1v) is 18.6. The molecule has 0 spiro atoms. The largest absolute Gasteiger partial charge is 0.460 e. The molecule has 54 heavy (non-hydrogen) atoms. The van der Waals surface area contributed by atoms with E-state index < -0.39 is 0 Å². The Labute approximate surface area is 311 Å². The maximum atomic E-state index is 6.45. The summed E-state index contributed by atoms with van der Waals surface area (Å²) >= 11 is 0. The topological polar surface area (TPSA) is 65.0 Å². The minimum absolute atomic E-state index is 0.0541.